The number of hydrogen-bond donors (Lipinski definition) is 2. The maximum Gasteiger partial charge on any atom is 0.414 e. The molecule has 2 aromatic rings. The molecule has 0 unspecified atom stereocenters. The number of carbonyl (C=O) groups excluding carboxylic acids is 2. The molecule has 0 spiro atoms. The van der Waals surface area contributed by atoms with Crippen LogP contribution in [0.2, 0.25) is 0 Å². The van der Waals surface area contributed by atoms with Crippen molar-refractivity contribution in [1.29, 1.82) is 0 Å². The molecule has 2 N–H and O–H groups in total. The Kier molecular flexibility index (Phi) is 6.20. The first-order valence-electron chi connectivity index (χ1n) is 9.35. The normalized spacial score (nSPS) is 15.5. The van der Waals surface area contributed by atoms with Gasteiger partial charge in [-0.25, -0.2) is 9.18 Å². The SMILES string of the molecule is CC(=O)NC[C@H]1CN(c2ccc(Nc3ccc(N(C)C)ccc3=O)c(F)c2)C(=O)O1. The summed E-state index contributed by atoms with van der Waals surface area (Å²) < 4.78 is 19.9. The summed E-state index contributed by atoms with van der Waals surface area (Å²) >= 11 is 0. The van der Waals surface area contributed by atoms with Crippen molar-refractivity contribution < 1.29 is 18.7 Å². The van der Waals surface area contributed by atoms with Crippen molar-refractivity contribution in [3.63, 3.8) is 0 Å². The molecule has 1 fully saturated rings. The van der Waals surface area contributed by atoms with Crippen molar-refractivity contribution in [2.24, 2.45) is 0 Å². The lowest BCUT2D eigenvalue weighted by Crippen LogP contribution is -2.33. The third kappa shape index (κ3) is 4.86. The van der Waals surface area contributed by atoms with Gasteiger partial charge in [0.1, 0.15) is 11.9 Å². The third-order valence-corrected chi connectivity index (χ3v) is 4.59. The van der Waals surface area contributed by atoms with Gasteiger partial charge >= 0.3 is 6.09 Å². The number of hydrogen-bond acceptors (Lipinski definition) is 6. The lowest BCUT2D eigenvalue weighted by Gasteiger charge is -2.15. The molecule has 9 heteroatoms. The first-order valence-corrected chi connectivity index (χ1v) is 9.35. The molecule has 158 valence electrons. The van der Waals surface area contributed by atoms with Crippen LogP contribution in [0.1, 0.15) is 6.92 Å². The molecule has 1 aliphatic heterocycles. The van der Waals surface area contributed by atoms with Crippen molar-refractivity contribution >= 4 is 34.7 Å². The van der Waals surface area contributed by atoms with E-state index in [-0.39, 0.29) is 35.8 Å². The fraction of sp³-hybridized carbons (Fsp3) is 0.286. The van der Waals surface area contributed by atoms with E-state index < -0.39 is 18.0 Å². The zero-order chi connectivity index (χ0) is 21.8. The van der Waals surface area contributed by atoms with Crippen LogP contribution in [0, 0.1) is 5.82 Å². The van der Waals surface area contributed by atoms with Crippen LogP contribution in [0.15, 0.2) is 47.3 Å². The molecule has 1 heterocycles. The maximum atomic E-state index is 14.7. The Morgan fingerprint density at radius 2 is 1.87 bits per heavy atom. The van der Waals surface area contributed by atoms with Crippen molar-refractivity contribution in [3.05, 3.63) is 58.5 Å². The molecular weight excluding hydrogens is 391 g/mol. The number of anilines is 4. The Hall–Kier alpha value is -3.62. The number of ether oxygens (including phenoxy) is 1. The van der Waals surface area contributed by atoms with Crippen molar-refractivity contribution in [2.45, 2.75) is 13.0 Å². The van der Waals surface area contributed by atoms with Gasteiger partial charge < -0.3 is 20.3 Å². The molecule has 0 saturated carbocycles. The number of halogens is 1. The Morgan fingerprint density at radius 3 is 2.53 bits per heavy atom. The third-order valence-electron chi connectivity index (χ3n) is 4.59. The molecule has 1 atom stereocenters. The van der Waals surface area contributed by atoms with Crippen molar-refractivity contribution in [2.75, 3.05) is 42.3 Å². The summed E-state index contributed by atoms with van der Waals surface area (Å²) in [5.41, 5.74) is 1.21. The predicted octanol–water partition coefficient (Wildman–Crippen LogP) is 2.46. The molecule has 0 aliphatic carbocycles. The van der Waals surface area contributed by atoms with Crippen LogP contribution in [0.3, 0.4) is 0 Å². The Bertz CT molecular complexity index is 1030. The van der Waals surface area contributed by atoms with E-state index in [2.05, 4.69) is 10.6 Å². The van der Waals surface area contributed by atoms with Crippen LogP contribution in [0.4, 0.5) is 31.9 Å². The minimum Gasteiger partial charge on any atom is -0.442 e. The highest BCUT2D eigenvalue weighted by atomic mass is 19.1. The quantitative estimate of drug-likeness (QED) is 0.755. The predicted molar refractivity (Wildman–Crippen MR) is 113 cm³/mol. The van der Waals surface area contributed by atoms with E-state index >= 15 is 0 Å². The van der Waals surface area contributed by atoms with Gasteiger partial charge in [0, 0.05) is 26.7 Å². The zero-order valence-electron chi connectivity index (χ0n) is 16.9. The van der Waals surface area contributed by atoms with Crippen LogP contribution < -0.4 is 25.9 Å². The summed E-state index contributed by atoms with van der Waals surface area (Å²) in [5.74, 6) is -0.847. The second kappa shape index (κ2) is 8.81. The van der Waals surface area contributed by atoms with E-state index in [0.717, 1.165) is 5.69 Å². The van der Waals surface area contributed by atoms with E-state index in [1.165, 1.54) is 30.0 Å². The van der Waals surface area contributed by atoms with Gasteiger partial charge in [-0.3, -0.25) is 14.5 Å². The van der Waals surface area contributed by atoms with Gasteiger partial charge in [0.15, 0.2) is 0 Å². The van der Waals surface area contributed by atoms with Crippen LogP contribution >= 0.6 is 0 Å². The molecule has 0 radical (unpaired) electrons. The monoisotopic (exact) mass is 414 g/mol. The van der Waals surface area contributed by atoms with Gasteiger partial charge in [-0.1, -0.05) is 0 Å². The Labute approximate surface area is 173 Å². The van der Waals surface area contributed by atoms with Crippen LogP contribution in [-0.4, -0.2) is 45.3 Å². The molecule has 0 aromatic heterocycles. The standard InChI is InChI=1S/C21H23FN4O4/c1-13(27)23-11-16-12-26(21(29)30-16)15-5-7-18(17(22)10-15)24-19-8-4-14(25(2)3)6-9-20(19)28/h4-10,16H,11-12H2,1-3H3,(H,23,27)(H,24,28)/t16-/m0/s1. The summed E-state index contributed by atoms with van der Waals surface area (Å²) in [7, 11) is 3.71. The van der Waals surface area contributed by atoms with E-state index in [1.54, 1.807) is 24.3 Å². The Morgan fingerprint density at radius 1 is 1.17 bits per heavy atom. The lowest BCUT2D eigenvalue weighted by molar-refractivity contribution is -0.119. The number of benzene rings is 1. The topological polar surface area (TPSA) is 91.0 Å². The summed E-state index contributed by atoms with van der Waals surface area (Å²) in [6, 6.07) is 10.7. The van der Waals surface area contributed by atoms with Gasteiger partial charge in [0.2, 0.25) is 11.3 Å². The highest BCUT2D eigenvalue weighted by molar-refractivity contribution is 5.90. The van der Waals surface area contributed by atoms with Gasteiger partial charge in [-0.15, -0.1) is 0 Å². The summed E-state index contributed by atoms with van der Waals surface area (Å²) in [5, 5.41) is 5.40. The first kappa shape index (κ1) is 21.1. The fourth-order valence-electron chi connectivity index (χ4n) is 2.97. The van der Waals surface area contributed by atoms with Gasteiger partial charge in [-0.05, 0) is 42.5 Å². The average Bonchev–Trinajstić information content (AvgIpc) is 2.96. The maximum absolute atomic E-state index is 14.7. The number of nitrogens with zero attached hydrogens (tertiary/aromatic N) is 2. The van der Waals surface area contributed by atoms with Crippen LogP contribution in [0.25, 0.3) is 0 Å². The molecule has 2 aromatic carbocycles. The first-order chi connectivity index (χ1) is 14.2. The molecule has 8 nitrogen and oxygen atoms in total. The second-order valence-corrected chi connectivity index (χ2v) is 7.11. The largest absolute Gasteiger partial charge is 0.442 e. The molecule has 1 saturated heterocycles. The molecule has 0 bridgehead atoms. The zero-order valence-corrected chi connectivity index (χ0v) is 16.9. The molecule has 30 heavy (non-hydrogen) atoms. The van der Waals surface area contributed by atoms with Gasteiger partial charge in [0.25, 0.3) is 0 Å². The van der Waals surface area contributed by atoms with Gasteiger partial charge in [-0.2, -0.15) is 0 Å². The molecule has 2 amide bonds. The summed E-state index contributed by atoms with van der Waals surface area (Å²) in [6.07, 6.45) is -1.13. The van der Waals surface area contributed by atoms with Crippen LogP contribution in [-0.2, 0) is 9.53 Å². The second-order valence-electron chi connectivity index (χ2n) is 7.11. The van der Waals surface area contributed by atoms with Gasteiger partial charge in [0.05, 0.1) is 30.2 Å². The smallest absolute Gasteiger partial charge is 0.414 e. The Balaban J connectivity index is 1.76. The fourth-order valence-corrected chi connectivity index (χ4v) is 2.97. The number of carbonyl (C=O) groups is 2. The van der Waals surface area contributed by atoms with E-state index in [0.29, 0.717) is 5.69 Å². The lowest BCUT2D eigenvalue weighted by atomic mass is 10.2. The van der Waals surface area contributed by atoms with E-state index in [4.69, 9.17) is 4.74 Å². The minimum absolute atomic E-state index is 0.107. The minimum atomic E-state index is -0.621. The van der Waals surface area contributed by atoms with Crippen molar-refractivity contribution in [3.8, 4) is 0 Å². The number of nitrogens with one attached hydrogen (secondary N) is 2. The molecular formula is C21H23FN4O4. The molecule has 3 rings (SSSR count). The number of rotatable bonds is 6. The van der Waals surface area contributed by atoms with E-state index in [1.807, 2.05) is 19.0 Å². The summed E-state index contributed by atoms with van der Waals surface area (Å²) in [4.78, 5) is 38.5. The van der Waals surface area contributed by atoms with Crippen LogP contribution in [0.5, 0.6) is 0 Å². The summed E-state index contributed by atoms with van der Waals surface area (Å²) in [6.45, 7) is 1.75. The molecule has 1 aliphatic rings. The van der Waals surface area contributed by atoms with E-state index in [9.17, 15) is 18.8 Å². The highest BCUT2D eigenvalue weighted by Gasteiger charge is 2.32. The highest BCUT2D eigenvalue weighted by Crippen LogP contribution is 2.27. The average molecular weight is 414 g/mol. The van der Waals surface area contributed by atoms with Crippen molar-refractivity contribution in [1.82, 2.24) is 5.32 Å². The number of cyclic esters (lactones) is 1. The number of amides is 2.